The van der Waals surface area contributed by atoms with Crippen LogP contribution in [0.2, 0.25) is 0 Å². The first kappa shape index (κ1) is 20.0. The number of aromatic nitrogens is 2. The SMILES string of the molecule is O=C(CNC(=O)Cn1nc(-c2ccccc2)ccc1=O)NCCc1ccccc1. The number of benzene rings is 2. The Labute approximate surface area is 168 Å². The van der Waals surface area contributed by atoms with Crippen LogP contribution < -0.4 is 16.2 Å². The minimum atomic E-state index is -0.456. The molecule has 0 saturated heterocycles. The Bertz CT molecular complexity index is 1020. The van der Waals surface area contributed by atoms with Gasteiger partial charge in [0, 0.05) is 18.2 Å². The molecular formula is C22H22N4O3. The molecule has 3 rings (SSSR count). The van der Waals surface area contributed by atoms with Gasteiger partial charge < -0.3 is 10.6 Å². The van der Waals surface area contributed by atoms with Crippen LogP contribution in [0.25, 0.3) is 11.3 Å². The molecule has 0 unspecified atom stereocenters. The topological polar surface area (TPSA) is 93.1 Å². The molecule has 0 aliphatic rings. The van der Waals surface area contributed by atoms with Crippen LogP contribution in [-0.2, 0) is 22.6 Å². The summed E-state index contributed by atoms with van der Waals surface area (Å²) in [5, 5.41) is 9.51. The lowest BCUT2D eigenvalue weighted by molar-refractivity contribution is -0.126. The molecule has 29 heavy (non-hydrogen) atoms. The third kappa shape index (κ3) is 6.14. The summed E-state index contributed by atoms with van der Waals surface area (Å²) >= 11 is 0. The van der Waals surface area contributed by atoms with Gasteiger partial charge in [-0.1, -0.05) is 60.7 Å². The fourth-order valence-corrected chi connectivity index (χ4v) is 2.75. The van der Waals surface area contributed by atoms with Gasteiger partial charge in [0.15, 0.2) is 0 Å². The molecule has 2 amide bonds. The van der Waals surface area contributed by atoms with Crippen molar-refractivity contribution in [3.8, 4) is 11.3 Å². The van der Waals surface area contributed by atoms with Gasteiger partial charge >= 0.3 is 0 Å². The van der Waals surface area contributed by atoms with E-state index in [-0.39, 0.29) is 24.6 Å². The van der Waals surface area contributed by atoms with Gasteiger partial charge in [-0.05, 0) is 18.1 Å². The minimum absolute atomic E-state index is 0.152. The molecule has 0 radical (unpaired) electrons. The highest BCUT2D eigenvalue weighted by Gasteiger charge is 2.09. The van der Waals surface area contributed by atoms with Crippen LogP contribution in [0.1, 0.15) is 5.56 Å². The summed E-state index contributed by atoms with van der Waals surface area (Å²) in [4.78, 5) is 36.0. The van der Waals surface area contributed by atoms with E-state index in [0.29, 0.717) is 18.7 Å². The first-order chi connectivity index (χ1) is 14.1. The average molecular weight is 390 g/mol. The zero-order valence-electron chi connectivity index (χ0n) is 15.9. The highest BCUT2D eigenvalue weighted by molar-refractivity contribution is 5.84. The third-order valence-electron chi connectivity index (χ3n) is 4.25. The highest BCUT2D eigenvalue weighted by atomic mass is 16.2. The predicted molar refractivity (Wildman–Crippen MR) is 110 cm³/mol. The van der Waals surface area contributed by atoms with Gasteiger partial charge in [0.05, 0.1) is 12.2 Å². The second-order valence-electron chi connectivity index (χ2n) is 6.44. The lowest BCUT2D eigenvalue weighted by Crippen LogP contribution is -2.40. The third-order valence-corrected chi connectivity index (χ3v) is 4.25. The Kier molecular flexibility index (Phi) is 6.89. The summed E-state index contributed by atoms with van der Waals surface area (Å²) < 4.78 is 1.09. The van der Waals surface area contributed by atoms with E-state index in [0.717, 1.165) is 15.8 Å². The molecule has 7 heteroatoms. The molecule has 2 N–H and O–H groups in total. The summed E-state index contributed by atoms with van der Waals surface area (Å²) in [6, 6.07) is 22.2. The van der Waals surface area contributed by atoms with E-state index in [2.05, 4.69) is 15.7 Å². The number of amides is 2. The standard InChI is InChI=1S/C22H22N4O3/c27-20(23-14-13-17-7-3-1-4-8-17)15-24-21(28)16-26-22(29)12-11-19(25-26)18-9-5-2-6-10-18/h1-12H,13-16H2,(H,23,27)(H,24,28). The number of hydrogen-bond acceptors (Lipinski definition) is 4. The molecule has 0 saturated carbocycles. The van der Waals surface area contributed by atoms with Crippen LogP contribution >= 0.6 is 0 Å². The van der Waals surface area contributed by atoms with Crippen molar-refractivity contribution >= 4 is 11.8 Å². The maximum absolute atomic E-state index is 12.1. The summed E-state index contributed by atoms with van der Waals surface area (Å²) in [5.74, 6) is -0.740. The molecule has 0 aliphatic heterocycles. The van der Waals surface area contributed by atoms with Crippen LogP contribution in [0.3, 0.4) is 0 Å². The van der Waals surface area contributed by atoms with E-state index in [1.165, 1.54) is 6.07 Å². The van der Waals surface area contributed by atoms with Gasteiger partial charge in [0.25, 0.3) is 5.56 Å². The molecule has 0 aliphatic carbocycles. The molecule has 7 nitrogen and oxygen atoms in total. The smallest absolute Gasteiger partial charge is 0.267 e. The van der Waals surface area contributed by atoms with Gasteiger partial charge in [0.1, 0.15) is 6.54 Å². The normalized spacial score (nSPS) is 10.3. The van der Waals surface area contributed by atoms with E-state index in [4.69, 9.17) is 0 Å². The van der Waals surface area contributed by atoms with Gasteiger partial charge in [-0.2, -0.15) is 5.10 Å². The Morgan fingerprint density at radius 2 is 1.52 bits per heavy atom. The maximum Gasteiger partial charge on any atom is 0.267 e. The summed E-state index contributed by atoms with van der Waals surface area (Å²) in [5.41, 5.74) is 2.18. The van der Waals surface area contributed by atoms with Gasteiger partial charge in [0.2, 0.25) is 11.8 Å². The van der Waals surface area contributed by atoms with E-state index in [1.54, 1.807) is 6.07 Å². The van der Waals surface area contributed by atoms with Crippen LogP contribution in [0, 0.1) is 0 Å². The molecular weight excluding hydrogens is 368 g/mol. The predicted octanol–water partition coefficient (Wildman–Crippen LogP) is 1.39. The van der Waals surface area contributed by atoms with Crippen LogP contribution in [-0.4, -0.2) is 34.7 Å². The Balaban J connectivity index is 1.48. The van der Waals surface area contributed by atoms with Crippen molar-refractivity contribution in [3.05, 3.63) is 88.7 Å². The van der Waals surface area contributed by atoms with Crippen LogP contribution in [0.15, 0.2) is 77.6 Å². The Morgan fingerprint density at radius 3 is 2.24 bits per heavy atom. The maximum atomic E-state index is 12.1. The van der Waals surface area contributed by atoms with E-state index in [1.807, 2.05) is 60.7 Å². The molecule has 0 fully saturated rings. The molecule has 1 heterocycles. The lowest BCUT2D eigenvalue weighted by Gasteiger charge is -2.09. The fraction of sp³-hybridized carbons (Fsp3) is 0.182. The number of carbonyl (C=O) groups is 2. The zero-order valence-corrected chi connectivity index (χ0v) is 15.9. The molecule has 148 valence electrons. The minimum Gasteiger partial charge on any atom is -0.354 e. The first-order valence-corrected chi connectivity index (χ1v) is 9.33. The quantitative estimate of drug-likeness (QED) is 0.608. The van der Waals surface area contributed by atoms with Gasteiger partial charge in [-0.3, -0.25) is 14.4 Å². The average Bonchev–Trinajstić information content (AvgIpc) is 2.75. The molecule has 0 atom stereocenters. The van der Waals surface area contributed by atoms with E-state index in [9.17, 15) is 14.4 Å². The number of hydrogen-bond donors (Lipinski definition) is 2. The second kappa shape index (κ2) is 9.98. The zero-order chi connectivity index (χ0) is 20.5. The highest BCUT2D eigenvalue weighted by Crippen LogP contribution is 2.13. The summed E-state index contributed by atoms with van der Waals surface area (Å²) in [6.07, 6.45) is 0.714. The fourth-order valence-electron chi connectivity index (χ4n) is 2.75. The largest absolute Gasteiger partial charge is 0.354 e. The molecule has 1 aromatic heterocycles. The van der Waals surface area contributed by atoms with E-state index >= 15 is 0 Å². The molecule has 2 aromatic carbocycles. The van der Waals surface area contributed by atoms with Gasteiger partial charge in [-0.25, -0.2) is 4.68 Å². The van der Waals surface area contributed by atoms with Crippen molar-refractivity contribution in [1.82, 2.24) is 20.4 Å². The van der Waals surface area contributed by atoms with Crippen molar-refractivity contribution in [2.24, 2.45) is 0 Å². The number of nitrogens with one attached hydrogen (secondary N) is 2. The molecule has 3 aromatic rings. The lowest BCUT2D eigenvalue weighted by atomic mass is 10.1. The van der Waals surface area contributed by atoms with E-state index < -0.39 is 5.91 Å². The van der Waals surface area contributed by atoms with Gasteiger partial charge in [-0.15, -0.1) is 0 Å². The Hall–Kier alpha value is -3.74. The monoisotopic (exact) mass is 390 g/mol. The van der Waals surface area contributed by atoms with Crippen molar-refractivity contribution in [1.29, 1.82) is 0 Å². The first-order valence-electron chi connectivity index (χ1n) is 9.33. The number of nitrogens with zero attached hydrogens (tertiary/aromatic N) is 2. The summed E-state index contributed by atoms with van der Waals surface area (Å²) in [6.45, 7) is 0.0798. The Morgan fingerprint density at radius 1 is 0.828 bits per heavy atom. The van der Waals surface area contributed by atoms with Crippen LogP contribution in [0.4, 0.5) is 0 Å². The van der Waals surface area contributed by atoms with Crippen molar-refractivity contribution in [2.45, 2.75) is 13.0 Å². The van der Waals surface area contributed by atoms with Crippen LogP contribution in [0.5, 0.6) is 0 Å². The second-order valence-corrected chi connectivity index (χ2v) is 6.44. The molecule has 0 spiro atoms. The number of carbonyl (C=O) groups excluding carboxylic acids is 2. The number of rotatable bonds is 8. The van der Waals surface area contributed by atoms with Crippen molar-refractivity contribution < 1.29 is 9.59 Å². The molecule has 0 bridgehead atoms. The van der Waals surface area contributed by atoms with Crippen molar-refractivity contribution in [2.75, 3.05) is 13.1 Å². The van der Waals surface area contributed by atoms with Crippen molar-refractivity contribution in [3.63, 3.8) is 0 Å². The summed E-state index contributed by atoms with van der Waals surface area (Å²) in [7, 11) is 0.